The number of fused-ring (bicyclic) bond motifs is 1. The van der Waals surface area contributed by atoms with Crippen LogP contribution in [0.1, 0.15) is 30.5 Å². The third-order valence-corrected chi connectivity index (χ3v) is 3.99. The maximum atomic E-state index is 13.3. The third-order valence-electron chi connectivity index (χ3n) is 3.75. The van der Waals surface area contributed by atoms with Crippen LogP contribution in [-0.4, -0.2) is 6.61 Å². The summed E-state index contributed by atoms with van der Waals surface area (Å²) in [7, 11) is 0. The molecular formula is C17H17ClFNO. The van der Waals surface area contributed by atoms with Crippen molar-refractivity contribution in [1.29, 1.82) is 0 Å². The van der Waals surface area contributed by atoms with Crippen molar-refractivity contribution in [1.82, 2.24) is 0 Å². The second-order valence-electron chi connectivity index (χ2n) is 5.15. The Hall–Kier alpha value is -1.74. The molecule has 0 radical (unpaired) electrons. The summed E-state index contributed by atoms with van der Waals surface area (Å²) in [6, 6.07) is 10.7. The largest absolute Gasteiger partial charge is 0.492 e. The molecule has 0 bridgehead atoms. The van der Waals surface area contributed by atoms with Gasteiger partial charge in [-0.15, -0.1) is 0 Å². The molecule has 0 fully saturated rings. The molecular weight excluding hydrogens is 289 g/mol. The van der Waals surface area contributed by atoms with Crippen LogP contribution in [0.4, 0.5) is 10.1 Å². The molecule has 0 spiro atoms. The zero-order valence-electron chi connectivity index (χ0n) is 11.8. The smallest absolute Gasteiger partial charge is 0.142 e. The van der Waals surface area contributed by atoms with E-state index in [0.29, 0.717) is 11.6 Å². The lowest BCUT2D eigenvalue weighted by Crippen LogP contribution is -2.08. The summed E-state index contributed by atoms with van der Waals surface area (Å²) in [5.41, 5.74) is 3.11. The molecule has 21 heavy (non-hydrogen) atoms. The third kappa shape index (κ3) is 2.98. The first kappa shape index (κ1) is 14.2. The van der Waals surface area contributed by atoms with Crippen LogP contribution < -0.4 is 10.1 Å². The van der Waals surface area contributed by atoms with Crippen LogP contribution in [0.5, 0.6) is 5.75 Å². The Balaban J connectivity index is 1.87. The first-order valence-electron chi connectivity index (χ1n) is 7.14. The minimum Gasteiger partial charge on any atom is -0.492 e. The highest BCUT2D eigenvalue weighted by molar-refractivity contribution is 6.30. The average Bonchev–Trinajstić information content (AvgIpc) is 2.84. The minimum atomic E-state index is -0.174. The highest BCUT2D eigenvalue weighted by atomic mass is 35.5. The molecule has 1 unspecified atom stereocenters. The van der Waals surface area contributed by atoms with Crippen molar-refractivity contribution in [2.75, 3.05) is 11.9 Å². The van der Waals surface area contributed by atoms with E-state index in [0.717, 1.165) is 35.4 Å². The lowest BCUT2D eigenvalue weighted by atomic mass is 10.1. The van der Waals surface area contributed by atoms with Gasteiger partial charge >= 0.3 is 0 Å². The molecule has 2 aromatic rings. The maximum absolute atomic E-state index is 13.3. The Kier molecular flexibility index (Phi) is 4.02. The number of benzene rings is 2. The summed E-state index contributed by atoms with van der Waals surface area (Å²) in [4.78, 5) is 0. The van der Waals surface area contributed by atoms with Gasteiger partial charge in [-0.3, -0.25) is 0 Å². The van der Waals surface area contributed by atoms with Crippen LogP contribution in [0, 0.1) is 5.82 Å². The Morgan fingerprint density at radius 1 is 1.29 bits per heavy atom. The van der Waals surface area contributed by atoms with E-state index >= 15 is 0 Å². The highest BCUT2D eigenvalue weighted by Gasteiger charge is 2.23. The predicted molar refractivity (Wildman–Crippen MR) is 83.7 cm³/mol. The summed E-state index contributed by atoms with van der Waals surface area (Å²) < 4.78 is 18.9. The van der Waals surface area contributed by atoms with Crippen molar-refractivity contribution in [2.24, 2.45) is 0 Å². The summed E-state index contributed by atoms with van der Waals surface area (Å²) in [6.07, 6.45) is 1.83. The zero-order valence-corrected chi connectivity index (χ0v) is 12.6. The predicted octanol–water partition coefficient (Wildman–Crippen LogP) is 4.98. The van der Waals surface area contributed by atoms with Crippen LogP contribution >= 0.6 is 11.6 Å². The Morgan fingerprint density at radius 2 is 2.14 bits per heavy atom. The van der Waals surface area contributed by atoms with Crippen LogP contribution in [0.2, 0.25) is 5.02 Å². The molecule has 1 aliphatic rings. The highest BCUT2D eigenvalue weighted by Crippen LogP contribution is 2.37. The lowest BCUT2D eigenvalue weighted by molar-refractivity contribution is 0.341. The number of halogens is 2. The van der Waals surface area contributed by atoms with E-state index < -0.39 is 0 Å². The van der Waals surface area contributed by atoms with Gasteiger partial charge in [0, 0.05) is 5.02 Å². The van der Waals surface area contributed by atoms with Gasteiger partial charge in [-0.25, -0.2) is 4.39 Å². The molecule has 1 N–H and O–H groups in total. The normalized spacial score (nSPS) is 16.6. The number of anilines is 1. The molecule has 1 atom stereocenters. The SMILES string of the molecule is CCOc1ccc(Cl)cc1NC1CCc2cc(F)ccc21. The van der Waals surface area contributed by atoms with Crippen molar-refractivity contribution >= 4 is 17.3 Å². The molecule has 1 aliphatic carbocycles. The molecule has 0 aromatic heterocycles. The summed E-state index contributed by atoms with van der Waals surface area (Å²) in [5, 5.41) is 4.14. The summed E-state index contributed by atoms with van der Waals surface area (Å²) in [6.45, 7) is 2.55. The Labute approximate surface area is 128 Å². The molecule has 110 valence electrons. The van der Waals surface area contributed by atoms with Crippen LogP contribution in [0.25, 0.3) is 0 Å². The van der Waals surface area contributed by atoms with Crippen molar-refractivity contribution in [3.8, 4) is 5.75 Å². The molecule has 0 heterocycles. The van der Waals surface area contributed by atoms with Crippen molar-refractivity contribution in [3.63, 3.8) is 0 Å². The van der Waals surface area contributed by atoms with Crippen molar-refractivity contribution in [3.05, 3.63) is 58.4 Å². The first-order chi connectivity index (χ1) is 10.2. The van der Waals surface area contributed by atoms with Gasteiger partial charge in [-0.2, -0.15) is 0 Å². The topological polar surface area (TPSA) is 21.3 Å². The summed E-state index contributed by atoms with van der Waals surface area (Å²) in [5.74, 6) is 0.615. The first-order valence-corrected chi connectivity index (χ1v) is 7.52. The number of hydrogen-bond acceptors (Lipinski definition) is 2. The molecule has 2 aromatic carbocycles. The van der Waals surface area contributed by atoms with E-state index in [2.05, 4.69) is 5.32 Å². The van der Waals surface area contributed by atoms with Gasteiger partial charge in [-0.1, -0.05) is 17.7 Å². The van der Waals surface area contributed by atoms with Crippen LogP contribution in [0.15, 0.2) is 36.4 Å². The van der Waals surface area contributed by atoms with Crippen LogP contribution in [0.3, 0.4) is 0 Å². The van der Waals surface area contributed by atoms with Gasteiger partial charge in [0.2, 0.25) is 0 Å². The second-order valence-corrected chi connectivity index (χ2v) is 5.59. The molecule has 4 heteroatoms. The average molecular weight is 306 g/mol. The molecule has 0 saturated heterocycles. The minimum absolute atomic E-state index is 0.165. The molecule has 3 rings (SSSR count). The lowest BCUT2D eigenvalue weighted by Gasteiger charge is -2.18. The van der Waals surface area contributed by atoms with E-state index in [9.17, 15) is 4.39 Å². The van der Waals surface area contributed by atoms with Gasteiger partial charge in [0.15, 0.2) is 0 Å². The fraction of sp³-hybridized carbons (Fsp3) is 0.294. The van der Waals surface area contributed by atoms with Gasteiger partial charge in [0.1, 0.15) is 11.6 Å². The van der Waals surface area contributed by atoms with Gasteiger partial charge in [-0.05, 0) is 61.2 Å². The standard InChI is InChI=1S/C17H17ClFNO/c1-2-21-17-8-4-12(18)10-16(17)20-15-7-3-11-9-13(19)5-6-14(11)15/h4-6,8-10,15,20H,2-3,7H2,1H3. The second kappa shape index (κ2) is 5.94. The molecule has 0 amide bonds. The fourth-order valence-corrected chi connectivity index (χ4v) is 2.99. The molecule has 0 saturated carbocycles. The van der Waals surface area contributed by atoms with Crippen molar-refractivity contribution in [2.45, 2.75) is 25.8 Å². The van der Waals surface area contributed by atoms with Gasteiger partial charge in [0.05, 0.1) is 18.3 Å². The quantitative estimate of drug-likeness (QED) is 0.860. The molecule has 2 nitrogen and oxygen atoms in total. The number of nitrogens with one attached hydrogen (secondary N) is 1. The van der Waals surface area contributed by atoms with E-state index in [1.54, 1.807) is 6.07 Å². The maximum Gasteiger partial charge on any atom is 0.142 e. The zero-order chi connectivity index (χ0) is 14.8. The van der Waals surface area contributed by atoms with E-state index in [4.69, 9.17) is 16.3 Å². The summed E-state index contributed by atoms with van der Waals surface area (Å²) >= 11 is 6.08. The Bertz CT molecular complexity index is 659. The van der Waals surface area contributed by atoms with E-state index in [-0.39, 0.29) is 11.9 Å². The Morgan fingerprint density at radius 3 is 2.95 bits per heavy atom. The van der Waals surface area contributed by atoms with E-state index in [1.165, 1.54) is 6.07 Å². The van der Waals surface area contributed by atoms with E-state index in [1.807, 2.05) is 31.2 Å². The number of ether oxygens (including phenoxy) is 1. The molecule has 0 aliphatic heterocycles. The number of hydrogen-bond donors (Lipinski definition) is 1. The van der Waals surface area contributed by atoms with Gasteiger partial charge < -0.3 is 10.1 Å². The van der Waals surface area contributed by atoms with Crippen molar-refractivity contribution < 1.29 is 9.13 Å². The number of rotatable bonds is 4. The van der Waals surface area contributed by atoms with Crippen LogP contribution in [-0.2, 0) is 6.42 Å². The number of aryl methyl sites for hydroxylation is 1. The monoisotopic (exact) mass is 305 g/mol. The van der Waals surface area contributed by atoms with Gasteiger partial charge in [0.25, 0.3) is 0 Å². The fourth-order valence-electron chi connectivity index (χ4n) is 2.82.